The van der Waals surface area contributed by atoms with Crippen LogP contribution < -0.4 is 0 Å². The Morgan fingerprint density at radius 3 is 1.81 bits per heavy atom. The van der Waals surface area contributed by atoms with Crippen molar-refractivity contribution in [3.05, 3.63) is 96.1 Å². The molecule has 3 aromatic rings. The second-order valence-electron chi connectivity index (χ2n) is 6.01. The van der Waals surface area contributed by atoms with Gasteiger partial charge >= 0.3 is 0 Å². The Balaban J connectivity index is 1.82. The van der Waals surface area contributed by atoms with Crippen LogP contribution in [0.5, 0.6) is 0 Å². The van der Waals surface area contributed by atoms with Crippen LogP contribution in [0, 0.1) is 0 Å². The zero-order valence-corrected chi connectivity index (χ0v) is 14.8. The van der Waals surface area contributed by atoms with Crippen LogP contribution in [0.25, 0.3) is 11.1 Å². The molecule has 1 unspecified atom stereocenters. The summed E-state index contributed by atoms with van der Waals surface area (Å²) in [4.78, 5) is 12.6. The van der Waals surface area contributed by atoms with Crippen molar-refractivity contribution in [2.24, 2.45) is 0 Å². The second-order valence-corrected chi connectivity index (χ2v) is 7.51. The van der Waals surface area contributed by atoms with Gasteiger partial charge in [0.05, 0.1) is 0 Å². The van der Waals surface area contributed by atoms with Crippen LogP contribution in [0.3, 0.4) is 0 Å². The Morgan fingerprint density at radius 2 is 1.27 bits per heavy atom. The summed E-state index contributed by atoms with van der Waals surface area (Å²) in [6.07, 6.45) is -0.0750. The van der Waals surface area contributed by atoms with E-state index < -0.39 is 21.2 Å². The number of Topliss-reactive ketones (excluding diaryl/α,β-unsaturated/α-hetero) is 1. The van der Waals surface area contributed by atoms with Crippen molar-refractivity contribution in [2.45, 2.75) is 11.7 Å². The number of hydrogen-bond donors (Lipinski definition) is 1. The molecular weight excluding hydrogens is 348 g/mol. The Labute approximate surface area is 152 Å². The van der Waals surface area contributed by atoms with Crippen LogP contribution in [0.15, 0.2) is 84.9 Å². The van der Waals surface area contributed by atoms with Crippen LogP contribution in [-0.2, 0) is 21.3 Å². The van der Waals surface area contributed by atoms with Gasteiger partial charge in [0, 0.05) is 6.42 Å². The van der Waals surface area contributed by atoms with Crippen molar-refractivity contribution >= 4 is 15.9 Å². The summed E-state index contributed by atoms with van der Waals surface area (Å²) < 4.78 is 33.0. The lowest BCUT2D eigenvalue weighted by Crippen LogP contribution is -2.23. The quantitative estimate of drug-likeness (QED) is 0.667. The number of carbonyl (C=O) groups is 1. The summed E-state index contributed by atoms with van der Waals surface area (Å²) in [5.74, 6) is -0.564. The molecule has 0 heterocycles. The third kappa shape index (κ3) is 4.25. The Bertz CT molecular complexity index is 979. The third-order valence-corrected chi connectivity index (χ3v) is 5.26. The molecule has 5 heteroatoms. The SMILES string of the molecule is O=C(Cc1ccc(-c2ccccc2)cc1)C(c1ccccc1)S(=O)(=O)O. The fraction of sp³-hybridized carbons (Fsp3) is 0.0952. The molecule has 0 bridgehead atoms. The summed E-state index contributed by atoms with van der Waals surface area (Å²) in [6, 6.07) is 25.2. The van der Waals surface area contributed by atoms with Crippen molar-refractivity contribution < 1.29 is 17.8 Å². The molecular formula is C21H18O4S. The van der Waals surface area contributed by atoms with Gasteiger partial charge in [-0.2, -0.15) is 8.42 Å². The lowest BCUT2D eigenvalue weighted by atomic mass is 9.99. The molecule has 0 aliphatic rings. The van der Waals surface area contributed by atoms with E-state index in [0.717, 1.165) is 11.1 Å². The van der Waals surface area contributed by atoms with Gasteiger partial charge in [-0.3, -0.25) is 9.35 Å². The predicted molar refractivity (Wildman–Crippen MR) is 101 cm³/mol. The molecule has 3 rings (SSSR count). The van der Waals surface area contributed by atoms with Crippen LogP contribution >= 0.6 is 0 Å². The van der Waals surface area contributed by atoms with Gasteiger partial charge in [-0.25, -0.2) is 0 Å². The first-order valence-corrected chi connectivity index (χ1v) is 9.64. The van der Waals surface area contributed by atoms with E-state index in [-0.39, 0.29) is 12.0 Å². The zero-order valence-electron chi connectivity index (χ0n) is 13.9. The molecule has 1 N–H and O–H groups in total. The number of rotatable bonds is 6. The molecule has 26 heavy (non-hydrogen) atoms. The van der Waals surface area contributed by atoms with Crippen LogP contribution in [-0.4, -0.2) is 18.8 Å². The van der Waals surface area contributed by atoms with Crippen LogP contribution in [0.2, 0.25) is 0 Å². The maximum absolute atomic E-state index is 12.6. The first-order valence-electron chi connectivity index (χ1n) is 8.13. The predicted octanol–water partition coefficient (Wildman–Crippen LogP) is 4.09. The summed E-state index contributed by atoms with van der Waals surface area (Å²) in [5.41, 5.74) is 3.03. The van der Waals surface area contributed by atoms with E-state index in [1.807, 2.05) is 42.5 Å². The van der Waals surface area contributed by atoms with Gasteiger partial charge in [0.1, 0.15) is 0 Å². The van der Waals surface area contributed by atoms with Gasteiger partial charge in [-0.05, 0) is 22.3 Å². The van der Waals surface area contributed by atoms with E-state index in [4.69, 9.17) is 0 Å². The minimum atomic E-state index is -4.54. The van der Waals surface area contributed by atoms with Gasteiger partial charge < -0.3 is 0 Å². The topological polar surface area (TPSA) is 71.4 Å². The molecule has 132 valence electrons. The van der Waals surface area contributed by atoms with Gasteiger partial charge in [0.2, 0.25) is 0 Å². The monoisotopic (exact) mass is 366 g/mol. The molecule has 0 saturated heterocycles. The molecule has 0 aliphatic carbocycles. The highest BCUT2D eigenvalue weighted by atomic mass is 32.2. The van der Waals surface area contributed by atoms with Crippen LogP contribution in [0.1, 0.15) is 16.4 Å². The number of hydrogen-bond acceptors (Lipinski definition) is 3. The summed E-state index contributed by atoms with van der Waals surface area (Å²) >= 11 is 0. The molecule has 0 aromatic heterocycles. The molecule has 0 radical (unpaired) electrons. The highest BCUT2D eigenvalue weighted by molar-refractivity contribution is 7.86. The first kappa shape index (κ1) is 18.0. The standard InChI is InChI=1S/C21H18O4S/c22-20(21(26(23,24)25)19-9-5-2-6-10-19)15-16-11-13-18(14-12-16)17-7-3-1-4-8-17/h1-14,21H,15H2,(H,23,24,25). The second kappa shape index (κ2) is 7.64. The molecule has 0 saturated carbocycles. The largest absolute Gasteiger partial charge is 0.297 e. The maximum Gasteiger partial charge on any atom is 0.279 e. The maximum atomic E-state index is 12.6. The fourth-order valence-corrected chi connectivity index (χ4v) is 3.81. The number of carbonyl (C=O) groups excluding carboxylic acids is 1. The smallest absolute Gasteiger partial charge is 0.279 e. The van der Waals surface area contributed by atoms with E-state index in [2.05, 4.69) is 0 Å². The summed E-state index contributed by atoms with van der Waals surface area (Å²) in [5, 5.41) is -1.57. The first-order chi connectivity index (χ1) is 12.4. The average Bonchev–Trinajstić information content (AvgIpc) is 2.63. The van der Waals surface area contributed by atoms with Crippen molar-refractivity contribution in [1.82, 2.24) is 0 Å². The van der Waals surface area contributed by atoms with Gasteiger partial charge in [-0.1, -0.05) is 84.9 Å². The highest BCUT2D eigenvalue weighted by Crippen LogP contribution is 2.25. The Hall–Kier alpha value is -2.76. The van der Waals surface area contributed by atoms with Crippen molar-refractivity contribution in [3.63, 3.8) is 0 Å². The molecule has 0 amide bonds. The fourth-order valence-electron chi connectivity index (χ4n) is 2.89. The Kier molecular flexibility index (Phi) is 5.30. The summed E-state index contributed by atoms with van der Waals surface area (Å²) in [7, 11) is -4.54. The third-order valence-electron chi connectivity index (χ3n) is 4.13. The Morgan fingerprint density at radius 1 is 0.769 bits per heavy atom. The molecule has 0 fully saturated rings. The van der Waals surface area contributed by atoms with E-state index in [1.165, 1.54) is 12.1 Å². The van der Waals surface area contributed by atoms with E-state index >= 15 is 0 Å². The van der Waals surface area contributed by atoms with E-state index in [1.54, 1.807) is 30.3 Å². The minimum absolute atomic E-state index is 0.0750. The molecule has 0 aliphatic heterocycles. The average molecular weight is 366 g/mol. The van der Waals surface area contributed by atoms with Gasteiger partial charge in [-0.15, -0.1) is 0 Å². The molecule has 1 atom stereocenters. The summed E-state index contributed by atoms with van der Waals surface area (Å²) in [6.45, 7) is 0. The molecule has 4 nitrogen and oxygen atoms in total. The lowest BCUT2D eigenvalue weighted by Gasteiger charge is -2.13. The van der Waals surface area contributed by atoms with Gasteiger partial charge in [0.15, 0.2) is 11.0 Å². The number of ketones is 1. The molecule has 0 spiro atoms. The zero-order chi connectivity index (χ0) is 18.6. The lowest BCUT2D eigenvalue weighted by molar-refractivity contribution is -0.118. The minimum Gasteiger partial charge on any atom is -0.297 e. The van der Waals surface area contributed by atoms with Crippen molar-refractivity contribution in [1.29, 1.82) is 0 Å². The van der Waals surface area contributed by atoms with Crippen LogP contribution in [0.4, 0.5) is 0 Å². The van der Waals surface area contributed by atoms with Gasteiger partial charge in [0.25, 0.3) is 10.1 Å². The highest BCUT2D eigenvalue weighted by Gasteiger charge is 2.32. The van der Waals surface area contributed by atoms with Crippen molar-refractivity contribution in [2.75, 3.05) is 0 Å². The number of benzene rings is 3. The molecule has 3 aromatic carbocycles. The van der Waals surface area contributed by atoms with E-state index in [0.29, 0.717) is 5.56 Å². The van der Waals surface area contributed by atoms with Crippen molar-refractivity contribution in [3.8, 4) is 11.1 Å². The van der Waals surface area contributed by atoms with E-state index in [9.17, 15) is 17.8 Å². The normalized spacial score (nSPS) is 12.5.